The number of rotatable bonds is 2. The van der Waals surface area contributed by atoms with Gasteiger partial charge in [-0.25, -0.2) is 9.97 Å². The van der Waals surface area contributed by atoms with Crippen LogP contribution in [0.25, 0.3) is 0 Å². The highest BCUT2D eigenvalue weighted by atomic mass is 35.5. The molecule has 2 heterocycles. The number of anilines is 1. The molecule has 7 heteroatoms. The molecule has 1 amide bonds. The predicted molar refractivity (Wildman–Crippen MR) is 69.1 cm³/mol. The molecule has 0 saturated carbocycles. The third-order valence-electron chi connectivity index (χ3n) is 1.97. The van der Waals surface area contributed by atoms with Crippen LogP contribution in [0.2, 0.25) is 10.3 Å². The number of nitrogens with zero attached hydrogens (tertiary/aromatic N) is 2. The fourth-order valence-corrected chi connectivity index (χ4v) is 2.48. The number of nitrogens with one attached hydrogen (secondary N) is 1. The molecule has 0 unspecified atom stereocenters. The van der Waals surface area contributed by atoms with Crippen LogP contribution < -0.4 is 5.32 Å². The van der Waals surface area contributed by atoms with E-state index in [2.05, 4.69) is 15.3 Å². The first-order valence-corrected chi connectivity index (χ1v) is 6.25. The van der Waals surface area contributed by atoms with Gasteiger partial charge in [-0.05, 0) is 35.5 Å². The minimum absolute atomic E-state index is 0.0799. The Morgan fingerprint density at radius 1 is 1.47 bits per heavy atom. The molecule has 0 fully saturated rings. The summed E-state index contributed by atoms with van der Waals surface area (Å²) < 4.78 is 0. The molecule has 2 aromatic heterocycles. The van der Waals surface area contributed by atoms with Crippen molar-refractivity contribution >= 4 is 46.3 Å². The second-order valence-corrected chi connectivity index (χ2v) is 4.82. The topological polar surface area (TPSA) is 54.9 Å². The van der Waals surface area contributed by atoms with Gasteiger partial charge in [0.05, 0.1) is 5.02 Å². The highest BCUT2D eigenvalue weighted by Gasteiger charge is 2.15. The molecule has 0 aliphatic heterocycles. The molecule has 88 valence electrons. The van der Waals surface area contributed by atoms with Crippen molar-refractivity contribution in [2.24, 2.45) is 0 Å². The molecule has 0 spiro atoms. The normalized spacial score (nSPS) is 10.3. The third-order valence-corrected chi connectivity index (χ3v) is 3.85. The van der Waals surface area contributed by atoms with E-state index >= 15 is 0 Å². The fraction of sp³-hybridized carbons (Fsp3) is 0.100. The first-order chi connectivity index (χ1) is 8.08. The van der Waals surface area contributed by atoms with Crippen molar-refractivity contribution in [1.82, 2.24) is 9.97 Å². The van der Waals surface area contributed by atoms with E-state index < -0.39 is 0 Å². The minimum Gasteiger partial charge on any atom is -0.306 e. The summed E-state index contributed by atoms with van der Waals surface area (Å²) in [5.74, 6) is 0.0417. The summed E-state index contributed by atoms with van der Waals surface area (Å²) in [6.07, 6.45) is 1.46. The number of hydrogen-bond donors (Lipinski definition) is 1. The zero-order chi connectivity index (χ0) is 12.4. The van der Waals surface area contributed by atoms with Crippen molar-refractivity contribution in [3.8, 4) is 0 Å². The Bertz CT molecular complexity index is 570. The first-order valence-electron chi connectivity index (χ1n) is 4.61. The van der Waals surface area contributed by atoms with Crippen molar-refractivity contribution in [2.75, 3.05) is 5.32 Å². The molecule has 0 bridgehead atoms. The molecule has 2 rings (SSSR count). The van der Waals surface area contributed by atoms with Gasteiger partial charge in [0.2, 0.25) is 5.28 Å². The maximum Gasteiger partial charge on any atom is 0.268 e. The lowest BCUT2D eigenvalue weighted by atomic mass is 10.3. The van der Waals surface area contributed by atoms with Crippen LogP contribution in [-0.2, 0) is 0 Å². The molecule has 0 saturated heterocycles. The Kier molecular flexibility index (Phi) is 3.61. The van der Waals surface area contributed by atoms with E-state index in [0.29, 0.717) is 15.7 Å². The van der Waals surface area contributed by atoms with Gasteiger partial charge in [-0.2, -0.15) is 0 Å². The van der Waals surface area contributed by atoms with Crippen molar-refractivity contribution in [3.05, 3.63) is 38.4 Å². The highest BCUT2D eigenvalue weighted by Crippen LogP contribution is 2.27. The Labute approximate surface area is 112 Å². The number of aryl methyl sites for hydroxylation is 1. The van der Waals surface area contributed by atoms with Crippen molar-refractivity contribution < 1.29 is 4.79 Å². The summed E-state index contributed by atoms with van der Waals surface area (Å²) in [6.45, 7) is 1.84. The van der Waals surface area contributed by atoms with E-state index in [9.17, 15) is 4.79 Å². The van der Waals surface area contributed by atoms with Crippen LogP contribution in [0, 0.1) is 6.92 Å². The molecule has 0 aromatic carbocycles. The molecular formula is C10H7Cl2N3OS. The molecule has 2 aromatic rings. The van der Waals surface area contributed by atoms with E-state index in [-0.39, 0.29) is 11.2 Å². The maximum absolute atomic E-state index is 11.9. The van der Waals surface area contributed by atoms with E-state index in [1.165, 1.54) is 17.5 Å². The second kappa shape index (κ2) is 5.00. The van der Waals surface area contributed by atoms with Gasteiger partial charge in [-0.15, -0.1) is 11.3 Å². The van der Waals surface area contributed by atoms with Crippen LogP contribution in [-0.4, -0.2) is 15.9 Å². The van der Waals surface area contributed by atoms with Crippen LogP contribution in [0.4, 0.5) is 5.82 Å². The second-order valence-electron chi connectivity index (χ2n) is 3.23. The molecule has 17 heavy (non-hydrogen) atoms. The van der Waals surface area contributed by atoms with Crippen LogP contribution in [0.3, 0.4) is 0 Å². The lowest BCUT2D eigenvalue weighted by Crippen LogP contribution is -2.12. The van der Waals surface area contributed by atoms with Gasteiger partial charge in [0.25, 0.3) is 5.91 Å². The van der Waals surface area contributed by atoms with Gasteiger partial charge in [0.15, 0.2) is 0 Å². The Morgan fingerprint density at radius 3 is 2.82 bits per heavy atom. The van der Waals surface area contributed by atoms with E-state index in [0.717, 1.165) is 5.56 Å². The highest BCUT2D eigenvalue weighted by molar-refractivity contribution is 7.13. The molecule has 4 nitrogen and oxygen atoms in total. The predicted octanol–water partition coefficient (Wildman–Crippen LogP) is 3.41. The Balaban J connectivity index is 2.20. The summed E-state index contributed by atoms with van der Waals surface area (Å²) in [5.41, 5.74) is 0.877. The zero-order valence-corrected chi connectivity index (χ0v) is 11.0. The Hall–Kier alpha value is -1.17. The van der Waals surface area contributed by atoms with Gasteiger partial charge in [-0.1, -0.05) is 11.6 Å². The average Bonchev–Trinajstić information content (AvgIpc) is 2.60. The van der Waals surface area contributed by atoms with Gasteiger partial charge >= 0.3 is 0 Å². The average molecular weight is 288 g/mol. The fourth-order valence-electron chi connectivity index (χ4n) is 1.16. The van der Waals surface area contributed by atoms with Crippen LogP contribution >= 0.6 is 34.5 Å². The Morgan fingerprint density at radius 2 is 2.24 bits per heavy atom. The molecule has 0 atom stereocenters. The molecular weight excluding hydrogens is 281 g/mol. The van der Waals surface area contributed by atoms with Crippen molar-refractivity contribution in [2.45, 2.75) is 6.92 Å². The zero-order valence-electron chi connectivity index (χ0n) is 8.70. The van der Waals surface area contributed by atoms with Gasteiger partial charge in [-0.3, -0.25) is 4.79 Å². The van der Waals surface area contributed by atoms with Gasteiger partial charge in [0, 0.05) is 6.20 Å². The van der Waals surface area contributed by atoms with Crippen molar-refractivity contribution in [3.63, 3.8) is 0 Å². The quantitative estimate of drug-likeness (QED) is 0.862. The molecule has 0 radical (unpaired) electrons. The number of carbonyl (C=O) groups excluding carboxylic acids is 1. The number of halogens is 2. The SMILES string of the molecule is Cc1csc(C(=O)Nc2ccnc(Cl)n2)c1Cl. The largest absolute Gasteiger partial charge is 0.306 e. The van der Waals surface area contributed by atoms with Crippen LogP contribution in [0.15, 0.2) is 17.6 Å². The number of carbonyl (C=O) groups is 1. The van der Waals surface area contributed by atoms with Crippen LogP contribution in [0.5, 0.6) is 0 Å². The number of hydrogen-bond acceptors (Lipinski definition) is 4. The van der Waals surface area contributed by atoms with Gasteiger partial charge < -0.3 is 5.32 Å². The van der Waals surface area contributed by atoms with Gasteiger partial charge in [0.1, 0.15) is 10.7 Å². The van der Waals surface area contributed by atoms with E-state index in [4.69, 9.17) is 23.2 Å². The number of aromatic nitrogens is 2. The summed E-state index contributed by atoms with van der Waals surface area (Å²) in [5, 5.41) is 4.97. The smallest absolute Gasteiger partial charge is 0.268 e. The summed E-state index contributed by atoms with van der Waals surface area (Å²) in [4.78, 5) is 19.9. The third kappa shape index (κ3) is 2.74. The number of amides is 1. The molecule has 0 aliphatic rings. The first kappa shape index (κ1) is 12.3. The summed E-state index contributed by atoms with van der Waals surface area (Å²) in [7, 11) is 0. The lowest BCUT2D eigenvalue weighted by Gasteiger charge is -2.02. The number of thiophene rings is 1. The van der Waals surface area contributed by atoms with Crippen LogP contribution in [0.1, 0.15) is 15.2 Å². The van der Waals surface area contributed by atoms with E-state index in [1.54, 1.807) is 6.07 Å². The molecule has 0 aliphatic carbocycles. The maximum atomic E-state index is 11.9. The van der Waals surface area contributed by atoms with Crippen molar-refractivity contribution in [1.29, 1.82) is 0 Å². The summed E-state index contributed by atoms with van der Waals surface area (Å²) in [6, 6.07) is 1.55. The summed E-state index contributed by atoms with van der Waals surface area (Å²) >= 11 is 12.9. The standard InChI is InChI=1S/C10H7Cl2N3OS/c1-5-4-17-8(7(5)11)9(16)14-6-2-3-13-10(12)15-6/h2-4H,1H3,(H,13,14,15,16). The molecule has 1 N–H and O–H groups in total. The van der Waals surface area contributed by atoms with E-state index in [1.807, 2.05) is 12.3 Å². The monoisotopic (exact) mass is 287 g/mol. The lowest BCUT2D eigenvalue weighted by molar-refractivity contribution is 0.103. The minimum atomic E-state index is -0.303.